The Kier molecular flexibility index (Phi) is 11.2. The first-order chi connectivity index (χ1) is 19.6. The molecular formula is C30H36N8O2. The predicted octanol–water partition coefficient (Wildman–Crippen LogP) is 2.02. The maximum Gasteiger partial charge on any atom is 0.253 e. The zero-order valence-corrected chi connectivity index (χ0v) is 22.5. The van der Waals surface area contributed by atoms with E-state index in [1.165, 1.54) is 0 Å². The van der Waals surface area contributed by atoms with Crippen molar-refractivity contribution in [3.05, 3.63) is 120 Å². The van der Waals surface area contributed by atoms with E-state index < -0.39 is 6.10 Å². The van der Waals surface area contributed by atoms with Gasteiger partial charge in [0.25, 0.3) is 5.91 Å². The van der Waals surface area contributed by atoms with Crippen molar-refractivity contribution in [2.45, 2.75) is 32.3 Å². The zero-order valence-electron chi connectivity index (χ0n) is 22.5. The largest absolute Gasteiger partial charge is 0.390 e. The van der Waals surface area contributed by atoms with Gasteiger partial charge in [0.1, 0.15) is 0 Å². The average Bonchev–Trinajstić information content (AvgIpc) is 2.97. The molecule has 4 heterocycles. The van der Waals surface area contributed by atoms with Gasteiger partial charge in [0.05, 0.1) is 34.4 Å². The Balaban J connectivity index is 1.51. The molecule has 4 aromatic rings. The van der Waals surface area contributed by atoms with Crippen LogP contribution in [0.25, 0.3) is 0 Å². The first kappa shape index (κ1) is 28.9. The minimum atomic E-state index is -0.700. The molecule has 0 saturated carbocycles. The number of pyridine rings is 4. The number of hydrogen-bond acceptors (Lipinski definition) is 9. The molecule has 4 rings (SSSR count). The van der Waals surface area contributed by atoms with E-state index >= 15 is 0 Å². The van der Waals surface area contributed by atoms with E-state index in [0.717, 1.165) is 17.1 Å². The Morgan fingerprint density at radius 3 is 1.70 bits per heavy atom. The van der Waals surface area contributed by atoms with Gasteiger partial charge in [-0.3, -0.25) is 34.5 Å². The first-order valence-electron chi connectivity index (χ1n) is 13.4. The molecule has 208 valence electrons. The molecule has 1 amide bonds. The molecule has 40 heavy (non-hydrogen) atoms. The van der Waals surface area contributed by atoms with Gasteiger partial charge in [0.15, 0.2) is 0 Å². The lowest BCUT2D eigenvalue weighted by molar-refractivity contribution is 0.0613. The van der Waals surface area contributed by atoms with Crippen molar-refractivity contribution < 1.29 is 9.90 Å². The van der Waals surface area contributed by atoms with Gasteiger partial charge in [-0.25, -0.2) is 0 Å². The molecule has 0 spiro atoms. The normalized spacial score (nSPS) is 12.0. The average molecular weight is 541 g/mol. The van der Waals surface area contributed by atoms with E-state index in [9.17, 15) is 9.90 Å². The van der Waals surface area contributed by atoms with Gasteiger partial charge >= 0.3 is 0 Å². The van der Waals surface area contributed by atoms with Crippen molar-refractivity contribution >= 4 is 5.91 Å². The van der Waals surface area contributed by atoms with E-state index in [4.69, 9.17) is 5.73 Å². The quantitative estimate of drug-likeness (QED) is 0.207. The van der Waals surface area contributed by atoms with Gasteiger partial charge in [-0.15, -0.1) is 0 Å². The van der Waals surface area contributed by atoms with Crippen molar-refractivity contribution in [2.24, 2.45) is 5.73 Å². The maximum atomic E-state index is 12.8. The van der Waals surface area contributed by atoms with Crippen LogP contribution in [0.4, 0.5) is 0 Å². The zero-order chi connectivity index (χ0) is 28.0. The monoisotopic (exact) mass is 540 g/mol. The smallest absolute Gasteiger partial charge is 0.253 e. The molecule has 0 aliphatic heterocycles. The van der Waals surface area contributed by atoms with Gasteiger partial charge in [0.2, 0.25) is 0 Å². The molecule has 0 fully saturated rings. The number of aliphatic hydroxyl groups excluding tert-OH is 1. The predicted molar refractivity (Wildman–Crippen MR) is 153 cm³/mol. The number of aromatic nitrogens is 4. The Hall–Kier alpha value is -4.09. The highest BCUT2D eigenvalue weighted by molar-refractivity contribution is 5.95. The minimum Gasteiger partial charge on any atom is -0.390 e. The number of amides is 1. The standard InChI is InChI=1S/C30H36N8O2/c31-12-17-36-30(40)28-11-7-16-35-29(28)23-38(20-26-10-3-6-15-34-26)22-27(39)21-37(18-24-8-1-4-13-32-24)19-25-9-2-5-14-33-25/h1-11,13-16,27,39H,12,17-23,31H2,(H,36,40). The maximum absolute atomic E-state index is 12.8. The highest BCUT2D eigenvalue weighted by Crippen LogP contribution is 2.14. The van der Waals surface area contributed by atoms with Crippen LogP contribution in [0.1, 0.15) is 33.1 Å². The molecule has 0 aliphatic rings. The highest BCUT2D eigenvalue weighted by atomic mass is 16.3. The van der Waals surface area contributed by atoms with Crippen LogP contribution < -0.4 is 11.1 Å². The van der Waals surface area contributed by atoms with Crippen molar-refractivity contribution in [2.75, 3.05) is 26.2 Å². The number of aliphatic hydroxyl groups is 1. The van der Waals surface area contributed by atoms with E-state index in [1.807, 2.05) is 54.6 Å². The number of rotatable bonds is 15. The fourth-order valence-corrected chi connectivity index (χ4v) is 4.45. The number of nitrogens with one attached hydrogen (secondary N) is 1. The lowest BCUT2D eigenvalue weighted by Crippen LogP contribution is -2.40. The van der Waals surface area contributed by atoms with Gasteiger partial charge < -0.3 is 16.2 Å². The molecule has 1 atom stereocenters. The van der Waals surface area contributed by atoms with E-state index in [0.29, 0.717) is 63.6 Å². The highest BCUT2D eigenvalue weighted by Gasteiger charge is 2.21. The van der Waals surface area contributed by atoms with Crippen LogP contribution in [0.3, 0.4) is 0 Å². The van der Waals surface area contributed by atoms with Crippen LogP contribution >= 0.6 is 0 Å². The number of nitrogens with zero attached hydrogens (tertiary/aromatic N) is 6. The summed E-state index contributed by atoms with van der Waals surface area (Å²) in [5, 5.41) is 14.2. The second kappa shape index (κ2) is 15.5. The molecule has 10 heteroatoms. The molecule has 0 aliphatic carbocycles. The van der Waals surface area contributed by atoms with Crippen molar-refractivity contribution in [3.8, 4) is 0 Å². The minimum absolute atomic E-state index is 0.219. The molecule has 10 nitrogen and oxygen atoms in total. The molecule has 4 N–H and O–H groups in total. The third kappa shape index (κ3) is 9.28. The van der Waals surface area contributed by atoms with Gasteiger partial charge in [0, 0.05) is 77.1 Å². The van der Waals surface area contributed by atoms with E-state index in [2.05, 4.69) is 35.1 Å². The Morgan fingerprint density at radius 2 is 1.23 bits per heavy atom. The third-order valence-corrected chi connectivity index (χ3v) is 6.21. The third-order valence-electron chi connectivity index (χ3n) is 6.21. The van der Waals surface area contributed by atoms with Crippen LogP contribution in [-0.2, 0) is 26.2 Å². The summed E-state index contributed by atoms with van der Waals surface area (Å²) in [6, 6.07) is 20.9. The SMILES string of the molecule is NCCNC(=O)c1cccnc1CN(Cc1ccccn1)CC(O)CN(Cc1ccccn1)Cc1ccccn1. The van der Waals surface area contributed by atoms with Crippen molar-refractivity contribution in [1.29, 1.82) is 0 Å². The molecule has 0 aromatic carbocycles. The summed E-state index contributed by atoms with van der Waals surface area (Å²) in [5.41, 5.74) is 9.37. The Morgan fingerprint density at radius 1 is 0.725 bits per heavy atom. The lowest BCUT2D eigenvalue weighted by Gasteiger charge is -2.29. The van der Waals surface area contributed by atoms with Gasteiger partial charge in [-0.1, -0.05) is 18.2 Å². The van der Waals surface area contributed by atoms with Crippen LogP contribution in [0.15, 0.2) is 91.5 Å². The van der Waals surface area contributed by atoms with Crippen molar-refractivity contribution in [1.82, 2.24) is 35.1 Å². The molecule has 4 aromatic heterocycles. The summed E-state index contributed by atoms with van der Waals surface area (Å²) in [4.78, 5) is 34.9. The fourth-order valence-electron chi connectivity index (χ4n) is 4.45. The Labute approximate surface area is 234 Å². The summed E-state index contributed by atoms with van der Waals surface area (Å²) in [6.07, 6.45) is 6.26. The molecule has 0 bridgehead atoms. The molecule has 1 unspecified atom stereocenters. The van der Waals surface area contributed by atoms with E-state index in [1.54, 1.807) is 36.9 Å². The summed E-state index contributed by atoms with van der Waals surface area (Å²) < 4.78 is 0. The van der Waals surface area contributed by atoms with Crippen LogP contribution in [0.5, 0.6) is 0 Å². The van der Waals surface area contributed by atoms with Crippen LogP contribution in [0, 0.1) is 0 Å². The summed E-state index contributed by atoms with van der Waals surface area (Å²) in [7, 11) is 0. The number of hydrogen-bond donors (Lipinski definition) is 3. The number of nitrogens with two attached hydrogens (primary N) is 1. The number of carbonyl (C=O) groups excluding carboxylic acids is 1. The second-order valence-electron chi connectivity index (χ2n) is 9.50. The fraction of sp³-hybridized carbons (Fsp3) is 0.300. The first-order valence-corrected chi connectivity index (χ1v) is 13.4. The summed E-state index contributed by atoms with van der Waals surface area (Å²) in [6.45, 7) is 3.47. The molecule has 0 radical (unpaired) electrons. The Bertz CT molecular complexity index is 1250. The second-order valence-corrected chi connectivity index (χ2v) is 9.50. The lowest BCUT2D eigenvalue weighted by atomic mass is 10.1. The summed E-state index contributed by atoms with van der Waals surface area (Å²) >= 11 is 0. The van der Waals surface area contributed by atoms with Gasteiger partial charge in [-0.05, 0) is 48.5 Å². The summed E-state index contributed by atoms with van der Waals surface area (Å²) in [5.74, 6) is -0.219. The topological polar surface area (TPSA) is 133 Å². The van der Waals surface area contributed by atoms with Crippen LogP contribution in [0.2, 0.25) is 0 Å². The molecular weight excluding hydrogens is 504 g/mol. The number of carbonyl (C=O) groups is 1. The molecule has 0 saturated heterocycles. The van der Waals surface area contributed by atoms with Crippen molar-refractivity contribution in [3.63, 3.8) is 0 Å². The van der Waals surface area contributed by atoms with Crippen LogP contribution in [-0.4, -0.2) is 73.0 Å². The van der Waals surface area contributed by atoms with Gasteiger partial charge in [-0.2, -0.15) is 0 Å². The van der Waals surface area contributed by atoms with E-state index in [-0.39, 0.29) is 5.91 Å².